The molecule has 3 nitrogen and oxygen atoms in total. The summed E-state index contributed by atoms with van der Waals surface area (Å²) in [6, 6.07) is 13.7. The van der Waals surface area contributed by atoms with Crippen molar-refractivity contribution in [1.82, 2.24) is 0 Å². The Hall–Kier alpha value is -2.33. The van der Waals surface area contributed by atoms with Crippen molar-refractivity contribution in [1.29, 1.82) is 0 Å². The Morgan fingerprint density at radius 2 is 1.42 bits per heavy atom. The third kappa shape index (κ3) is 4.25. The summed E-state index contributed by atoms with van der Waals surface area (Å²) in [5, 5.41) is 0. The van der Waals surface area contributed by atoms with Crippen molar-refractivity contribution in [2.24, 2.45) is 0 Å². The molecule has 1 aliphatic carbocycles. The fourth-order valence-corrected chi connectivity index (χ4v) is 3.35. The molecule has 0 aliphatic heterocycles. The number of rotatable bonds is 4. The van der Waals surface area contributed by atoms with Crippen LogP contribution in [0.15, 0.2) is 58.1 Å². The zero-order valence-corrected chi connectivity index (χ0v) is 16.5. The van der Waals surface area contributed by atoms with Crippen LogP contribution in [0.3, 0.4) is 0 Å². The summed E-state index contributed by atoms with van der Waals surface area (Å²) >= 11 is 3.44. The zero-order valence-electron chi connectivity index (χ0n) is 14.9. The lowest BCUT2D eigenvalue weighted by atomic mass is 9.87. The van der Waals surface area contributed by atoms with Crippen molar-refractivity contribution in [3.05, 3.63) is 69.2 Å². The molecule has 1 fully saturated rings. The molecule has 0 heterocycles. The Labute approximate surface area is 162 Å². The van der Waals surface area contributed by atoms with E-state index in [0.717, 1.165) is 46.0 Å². The van der Waals surface area contributed by atoms with Gasteiger partial charge < -0.3 is 9.47 Å². The normalized spacial score (nSPS) is 17.6. The van der Waals surface area contributed by atoms with E-state index in [1.807, 2.05) is 54.6 Å². The highest BCUT2D eigenvalue weighted by atomic mass is 79.9. The van der Waals surface area contributed by atoms with Gasteiger partial charge in [0.15, 0.2) is 17.3 Å². The van der Waals surface area contributed by atoms with Gasteiger partial charge >= 0.3 is 0 Å². The Morgan fingerprint density at radius 3 is 2.04 bits per heavy atom. The Morgan fingerprint density at radius 1 is 0.846 bits per heavy atom. The number of allylic oxidation sites excluding steroid dienone is 2. The number of ether oxygens (including phenoxy) is 2. The number of Topliss-reactive ketones (excluding diaryl/α,β-unsaturated/α-hetero) is 1. The molecule has 3 rings (SSSR count). The van der Waals surface area contributed by atoms with Crippen LogP contribution in [0.1, 0.15) is 30.4 Å². The van der Waals surface area contributed by atoms with Gasteiger partial charge in [0.1, 0.15) is 0 Å². The minimum Gasteiger partial charge on any atom is -0.493 e. The molecule has 2 aromatic carbocycles. The molecular weight excluding hydrogens is 392 g/mol. The molecule has 1 aliphatic rings. The zero-order chi connectivity index (χ0) is 18.5. The summed E-state index contributed by atoms with van der Waals surface area (Å²) in [4.78, 5) is 12.9. The molecule has 2 aromatic rings. The molecule has 0 N–H and O–H groups in total. The molecule has 26 heavy (non-hydrogen) atoms. The second-order valence-electron chi connectivity index (χ2n) is 6.19. The SMILES string of the molecule is COc1ccc(/C=C2\CCC/C(=C\c3ccc(Br)cc3)C2=O)cc1OC. The second-order valence-corrected chi connectivity index (χ2v) is 7.10. The fourth-order valence-electron chi connectivity index (χ4n) is 3.08. The van der Waals surface area contributed by atoms with Crippen molar-refractivity contribution < 1.29 is 14.3 Å². The third-order valence-electron chi connectivity index (χ3n) is 4.43. The highest BCUT2D eigenvalue weighted by Gasteiger charge is 2.20. The van der Waals surface area contributed by atoms with Gasteiger partial charge in [-0.15, -0.1) is 0 Å². The van der Waals surface area contributed by atoms with Crippen LogP contribution in [-0.4, -0.2) is 20.0 Å². The van der Waals surface area contributed by atoms with Crippen molar-refractivity contribution in [3.63, 3.8) is 0 Å². The van der Waals surface area contributed by atoms with E-state index in [2.05, 4.69) is 15.9 Å². The van der Waals surface area contributed by atoms with E-state index in [9.17, 15) is 4.79 Å². The van der Waals surface area contributed by atoms with Crippen LogP contribution in [-0.2, 0) is 4.79 Å². The van der Waals surface area contributed by atoms with Crippen LogP contribution >= 0.6 is 15.9 Å². The Balaban J connectivity index is 1.87. The number of hydrogen-bond acceptors (Lipinski definition) is 3. The standard InChI is InChI=1S/C22H21BrO3/c1-25-20-11-8-16(14-21(20)26-2)13-18-5-3-4-17(22(18)24)12-15-6-9-19(23)10-7-15/h6-14H,3-5H2,1-2H3/b17-12+,18-13+. The molecule has 4 heteroatoms. The highest BCUT2D eigenvalue weighted by Crippen LogP contribution is 2.31. The van der Waals surface area contributed by atoms with Crippen molar-refractivity contribution >= 4 is 33.9 Å². The van der Waals surface area contributed by atoms with Crippen LogP contribution in [0.4, 0.5) is 0 Å². The topological polar surface area (TPSA) is 35.5 Å². The van der Waals surface area contributed by atoms with Gasteiger partial charge in [0.05, 0.1) is 14.2 Å². The molecule has 0 amide bonds. The molecular formula is C22H21BrO3. The van der Waals surface area contributed by atoms with E-state index < -0.39 is 0 Å². The summed E-state index contributed by atoms with van der Waals surface area (Å²) in [7, 11) is 3.22. The van der Waals surface area contributed by atoms with Crippen LogP contribution < -0.4 is 9.47 Å². The summed E-state index contributed by atoms with van der Waals surface area (Å²) in [5.41, 5.74) is 3.69. The molecule has 0 aromatic heterocycles. The third-order valence-corrected chi connectivity index (χ3v) is 4.96. The smallest absolute Gasteiger partial charge is 0.185 e. The molecule has 0 saturated heterocycles. The maximum Gasteiger partial charge on any atom is 0.185 e. The number of ketones is 1. The highest BCUT2D eigenvalue weighted by molar-refractivity contribution is 9.10. The molecule has 134 valence electrons. The molecule has 0 bridgehead atoms. The predicted octanol–water partition coefficient (Wildman–Crippen LogP) is 5.69. The van der Waals surface area contributed by atoms with E-state index >= 15 is 0 Å². The minimum absolute atomic E-state index is 0.133. The first-order valence-corrected chi connectivity index (χ1v) is 9.33. The van der Waals surface area contributed by atoms with E-state index in [4.69, 9.17) is 9.47 Å². The minimum atomic E-state index is 0.133. The van der Waals surface area contributed by atoms with Gasteiger partial charge in [0.2, 0.25) is 0 Å². The summed E-state index contributed by atoms with van der Waals surface area (Å²) in [6.45, 7) is 0. The van der Waals surface area contributed by atoms with Crippen molar-refractivity contribution in [2.45, 2.75) is 19.3 Å². The summed E-state index contributed by atoms with van der Waals surface area (Å²) in [5.74, 6) is 1.48. The maximum absolute atomic E-state index is 12.9. The molecule has 0 radical (unpaired) electrons. The maximum atomic E-state index is 12.9. The molecule has 0 atom stereocenters. The quantitative estimate of drug-likeness (QED) is 0.605. The van der Waals surface area contributed by atoms with Crippen LogP contribution in [0.2, 0.25) is 0 Å². The van der Waals surface area contributed by atoms with E-state index in [1.165, 1.54) is 0 Å². The van der Waals surface area contributed by atoms with Gasteiger partial charge in [-0.2, -0.15) is 0 Å². The lowest BCUT2D eigenvalue weighted by Crippen LogP contribution is -2.12. The second kappa shape index (κ2) is 8.37. The predicted molar refractivity (Wildman–Crippen MR) is 109 cm³/mol. The average Bonchev–Trinajstić information content (AvgIpc) is 2.66. The van der Waals surface area contributed by atoms with Gasteiger partial charge in [-0.05, 0) is 66.8 Å². The van der Waals surface area contributed by atoms with Gasteiger partial charge in [-0.1, -0.05) is 34.1 Å². The molecule has 0 spiro atoms. The first-order chi connectivity index (χ1) is 12.6. The first kappa shape index (κ1) is 18.5. The summed E-state index contributed by atoms with van der Waals surface area (Å²) in [6.07, 6.45) is 6.55. The Kier molecular flexibility index (Phi) is 5.94. The van der Waals surface area contributed by atoms with E-state index in [-0.39, 0.29) is 5.78 Å². The van der Waals surface area contributed by atoms with Gasteiger partial charge in [-0.3, -0.25) is 4.79 Å². The van der Waals surface area contributed by atoms with Crippen LogP contribution in [0.5, 0.6) is 11.5 Å². The fraction of sp³-hybridized carbons (Fsp3) is 0.227. The van der Waals surface area contributed by atoms with Gasteiger partial charge in [-0.25, -0.2) is 0 Å². The van der Waals surface area contributed by atoms with Crippen molar-refractivity contribution in [3.8, 4) is 11.5 Å². The molecule has 0 unspecified atom stereocenters. The summed E-state index contributed by atoms with van der Waals surface area (Å²) < 4.78 is 11.6. The van der Waals surface area contributed by atoms with Crippen LogP contribution in [0, 0.1) is 0 Å². The van der Waals surface area contributed by atoms with Crippen LogP contribution in [0.25, 0.3) is 12.2 Å². The number of benzene rings is 2. The first-order valence-electron chi connectivity index (χ1n) is 8.54. The van der Waals surface area contributed by atoms with Crippen molar-refractivity contribution in [2.75, 3.05) is 14.2 Å². The number of halogens is 1. The number of hydrogen-bond donors (Lipinski definition) is 0. The lowest BCUT2D eigenvalue weighted by Gasteiger charge is -2.17. The number of carbonyl (C=O) groups is 1. The molecule has 1 saturated carbocycles. The monoisotopic (exact) mass is 412 g/mol. The van der Waals surface area contributed by atoms with E-state index in [1.54, 1.807) is 14.2 Å². The average molecular weight is 413 g/mol. The van der Waals surface area contributed by atoms with Gasteiger partial charge in [0.25, 0.3) is 0 Å². The van der Waals surface area contributed by atoms with E-state index in [0.29, 0.717) is 11.5 Å². The number of carbonyl (C=O) groups excluding carboxylic acids is 1. The number of methoxy groups -OCH3 is 2. The lowest BCUT2D eigenvalue weighted by molar-refractivity contribution is -0.112. The van der Waals surface area contributed by atoms with Gasteiger partial charge in [0, 0.05) is 15.6 Å². The Bertz CT molecular complexity index is 863. The largest absolute Gasteiger partial charge is 0.493 e.